The smallest absolute Gasteiger partial charge is 0.657 e. The molecule has 0 aliphatic heterocycles. The zero-order valence-corrected chi connectivity index (χ0v) is 10.0. The standard InChI is InChI=1S/C14H6N3.Cu/c1-16-10-3-5-14-12(7-10)11-6-9(8-15)2-4-13(11)17-14;/h2-7H;/q-1;+1. The van der Waals surface area contributed by atoms with E-state index >= 15 is 0 Å². The Balaban J connectivity index is 0.00000120. The van der Waals surface area contributed by atoms with Gasteiger partial charge in [-0.3, -0.25) is 0 Å². The Bertz CT molecular complexity index is 750. The van der Waals surface area contributed by atoms with Gasteiger partial charge in [0.05, 0.1) is 18.2 Å². The minimum absolute atomic E-state index is 0. The summed E-state index contributed by atoms with van der Waals surface area (Å²) in [5.74, 6) is 0. The summed E-state index contributed by atoms with van der Waals surface area (Å²) >= 11 is 0. The molecule has 0 aliphatic rings. The molecule has 3 aromatic rings. The maximum absolute atomic E-state index is 8.89. The van der Waals surface area contributed by atoms with Crippen molar-refractivity contribution in [3.8, 4) is 6.07 Å². The second-order valence-electron chi connectivity index (χ2n) is 3.77. The predicted octanol–water partition coefficient (Wildman–Crippen LogP) is 3.37. The molecule has 0 saturated heterocycles. The number of hydrogen-bond acceptors (Lipinski definition) is 1. The number of benzene rings is 2. The fourth-order valence-electron chi connectivity index (χ4n) is 1.96. The summed E-state index contributed by atoms with van der Waals surface area (Å²) in [6, 6.07) is 12.9. The van der Waals surface area contributed by atoms with Crippen molar-refractivity contribution >= 4 is 27.5 Å². The molecule has 18 heavy (non-hydrogen) atoms. The van der Waals surface area contributed by atoms with Gasteiger partial charge < -0.3 is 4.98 Å². The molecular weight excluding hydrogens is 274 g/mol. The van der Waals surface area contributed by atoms with E-state index in [-0.39, 0.29) is 17.1 Å². The molecular formula is C14H6CuN3. The van der Waals surface area contributed by atoms with E-state index in [9.17, 15) is 0 Å². The Kier molecular flexibility index (Phi) is 3.08. The normalized spacial score (nSPS) is 9.67. The zero-order chi connectivity index (χ0) is 11.8. The fourth-order valence-corrected chi connectivity index (χ4v) is 1.96. The summed E-state index contributed by atoms with van der Waals surface area (Å²) in [5.41, 5.74) is 2.93. The van der Waals surface area contributed by atoms with E-state index in [1.165, 1.54) is 0 Å². The third-order valence-corrected chi connectivity index (χ3v) is 2.77. The first-order chi connectivity index (χ1) is 8.31. The van der Waals surface area contributed by atoms with Gasteiger partial charge in [-0.1, -0.05) is 18.2 Å². The van der Waals surface area contributed by atoms with Crippen LogP contribution in [-0.2, 0) is 17.1 Å². The van der Waals surface area contributed by atoms with Crippen LogP contribution < -0.4 is 4.98 Å². The summed E-state index contributed by atoms with van der Waals surface area (Å²) in [6.45, 7) is 7.01. The molecule has 0 fully saturated rings. The summed E-state index contributed by atoms with van der Waals surface area (Å²) in [5, 5.41) is 10.8. The van der Waals surface area contributed by atoms with Crippen molar-refractivity contribution in [2.75, 3.05) is 0 Å². The fraction of sp³-hybridized carbons (Fsp3) is 0. The molecule has 0 amide bonds. The van der Waals surface area contributed by atoms with Crippen LogP contribution >= 0.6 is 0 Å². The van der Waals surface area contributed by atoms with Crippen LogP contribution in [0, 0.1) is 17.9 Å². The largest absolute Gasteiger partial charge is 1.00 e. The average Bonchev–Trinajstić information content (AvgIpc) is 2.75. The van der Waals surface area contributed by atoms with E-state index < -0.39 is 0 Å². The SMILES string of the molecule is [C-]#[N+]c1ccc2[n-]c3ccc(C#N)cc3c2c1.[Cu+]. The van der Waals surface area contributed by atoms with Gasteiger partial charge >= 0.3 is 17.1 Å². The van der Waals surface area contributed by atoms with E-state index in [1.807, 2.05) is 24.3 Å². The van der Waals surface area contributed by atoms with Crippen molar-refractivity contribution in [3.05, 3.63) is 53.4 Å². The number of aromatic nitrogens is 1. The Hall–Kier alpha value is -2.26. The molecule has 3 rings (SSSR count). The van der Waals surface area contributed by atoms with E-state index in [0.717, 1.165) is 21.8 Å². The van der Waals surface area contributed by atoms with Crippen LogP contribution in [0.25, 0.3) is 26.7 Å². The number of nitriles is 1. The molecule has 1 aromatic heterocycles. The molecule has 0 atom stereocenters. The molecule has 1 heterocycles. The van der Waals surface area contributed by atoms with Crippen LogP contribution in [0.3, 0.4) is 0 Å². The Morgan fingerprint density at radius 2 is 1.72 bits per heavy atom. The molecule has 0 radical (unpaired) electrons. The van der Waals surface area contributed by atoms with Gasteiger partial charge in [-0.05, 0) is 29.0 Å². The van der Waals surface area contributed by atoms with Gasteiger partial charge in [0.2, 0.25) is 0 Å². The molecule has 4 heteroatoms. The molecule has 2 aromatic carbocycles. The van der Waals surface area contributed by atoms with Gasteiger partial charge in [0.1, 0.15) is 0 Å². The maximum Gasteiger partial charge on any atom is 1.00 e. The Morgan fingerprint density at radius 3 is 2.39 bits per heavy atom. The van der Waals surface area contributed by atoms with Crippen LogP contribution in [0.2, 0.25) is 0 Å². The first-order valence-corrected chi connectivity index (χ1v) is 5.09. The summed E-state index contributed by atoms with van der Waals surface area (Å²) in [4.78, 5) is 7.86. The van der Waals surface area contributed by atoms with Gasteiger partial charge in [-0.25, -0.2) is 4.85 Å². The molecule has 3 nitrogen and oxygen atoms in total. The Morgan fingerprint density at radius 1 is 1.06 bits per heavy atom. The van der Waals surface area contributed by atoms with Gasteiger partial charge in [0.25, 0.3) is 0 Å². The number of fused-ring (bicyclic) bond motifs is 3. The van der Waals surface area contributed by atoms with Crippen molar-refractivity contribution in [2.24, 2.45) is 0 Å². The van der Waals surface area contributed by atoms with E-state index in [0.29, 0.717) is 11.3 Å². The monoisotopic (exact) mass is 279 g/mol. The predicted molar refractivity (Wildman–Crippen MR) is 65.8 cm³/mol. The van der Waals surface area contributed by atoms with E-state index in [2.05, 4.69) is 15.9 Å². The zero-order valence-electron chi connectivity index (χ0n) is 9.11. The number of nitrogens with zero attached hydrogens (tertiary/aromatic N) is 3. The molecule has 88 valence electrons. The minimum atomic E-state index is 0. The molecule has 0 spiro atoms. The topological polar surface area (TPSA) is 42.2 Å². The third kappa shape index (κ3) is 1.75. The van der Waals surface area contributed by atoms with Gasteiger partial charge in [-0.15, -0.1) is 11.0 Å². The van der Waals surface area contributed by atoms with Crippen LogP contribution in [0.4, 0.5) is 5.69 Å². The minimum Gasteiger partial charge on any atom is -0.657 e. The average molecular weight is 280 g/mol. The number of hydrogen-bond donors (Lipinski definition) is 0. The van der Waals surface area contributed by atoms with E-state index in [1.54, 1.807) is 12.1 Å². The van der Waals surface area contributed by atoms with E-state index in [4.69, 9.17) is 11.8 Å². The summed E-state index contributed by atoms with van der Waals surface area (Å²) in [6.07, 6.45) is 0. The molecule has 0 unspecified atom stereocenters. The van der Waals surface area contributed by atoms with Crippen molar-refractivity contribution < 1.29 is 17.1 Å². The second-order valence-corrected chi connectivity index (χ2v) is 3.77. The molecule has 0 aliphatic carbocycles. The van der Waals surface area contributed by atoms with Crippen molar-refractivity contribution in [2.45, 2.75) is 0 Å². The molecule has 0 bridgehead atoms. The molecule has 0 N–H and O–H groups in total. The summed E-state index contributed by atoms with van der Waals surface area (Å²) < 4.78 is 0. The van der Waals surface area contributed by atoms with Crippen molar-refractivity contribution in [1.82, 2.24) is 4.98 Å². The van der Waals surface area contributed by atoms with Crippen LogP contribution in [-0.4, -0.2) is 0 Å². The second kappa shape index (κ2) is 4.55. The quantitative estimate of drug-likeness (QED) is 0.468. The van der Waals surface area contributed by atoms with Crippen LogP contribution in [0.1, 0.15) is 5.56 Å². The number of rotatable bonds is 0. The van der Waals surface area contributed by atoms with Gasteiger partial charge in [0.15, 0.2) is 5.69 Å². The van der Waals surface area contributed by atoms with Crippen molar-refractivity contribution in [1.29, 1.82) is 5.26 Å². The van der Waals surface area contributed by atoms with Gasteiger partial charge in [-0.2, -0.15) is 5.26 Å². The van der Waals surface area contributed by atoms with Gasteiger partial charge in [0, 0.05) is 0 Å². The van der Waals surface area contributed by atoms with Crippen LogP contribution in [0.5, 0.6) is 0 Å². The third-order valence-electron chi connectivity index (χ3n) is 2.77. The Labute approximate surface area is 114 Å². The first kappa shape index (κ1) is 12.2. The van der Waals surface area contributed by atoms with Crippen LogP contribution in [0.15, 0.2) is 36.4 Å². The summed E-state index contributed by atoms with van der Waals surface area (Å²) in [7, 11) is 0. The molecule has 0 saturated carbocycles. The first-order valence-electron chi connectivity index (χ1n) is 5.09. The maximum atomic E-state index is 8.89. The van der Waals surface area contributed by atoms with Crippen molar-refractivity contribution in [3.63, 3.8) is 0 Å².